The highest BCUT2D eigenvalue weighted by atomic mass is 79.9. The molecule has 1 aromatic rings. The van der Waals surface area contributed by atoms with Gasteiger partial charge in [-0.3, -0.25) is 0 Å². The van der Waals surface area contributed by atoms with Gasteiger partial charge in [-0.15, -0.1) is 0 Å². The van der Waals surface area contributed by atoms with Gasteiger partial charge >= 0.3 is 0 Å². The fourth-order valence-corrected chi connectivity index (χ4v) is 2.42. The topological polar surface area (TPSA) is 21.3 Å². The van der Waals surface area contributed by atoms with Crippen LogP contribution >= 0.6 is 15.9 Å². The molecule has 0 aliphatic heterocycles. The second-order valence-electron chi connectivity index (χ2n) is 5.51. The highest BCUT2D eigenvalue weighted by Gasteiger charge is 2.21. The summed E-state index contributed by atoms with van der Waals surface area (Å²) in [6.07, 6.45) is 0.990. The fraction of sp³-hybridized carbons (Fsp3) is 0.600. The molecule has 18 heavy (non-hydrogen) atoms. The molecule has 1 rings (SSSR count). The molecular weight excluding hydrogens is 290 g/mol. The first-order valence-corrected chi connectivity index (χ1v) is 7.20. The molecule has 2 unspecified atom stereocenters. The van der Waals surface area contributed by atoms with Gasteiger partial charge in [-0.1, -0.05) is 28.1 Å². The lowest BCUT2D eigenvalue weighted by atomic mass is 9.98. The molecule has 0 bridgehead atoms. The Labute approximate surface area is 119 Å². The van der Waals surface area contributed by atoms with Gasteiger partial charge in [0.1, 0.15) is 0 Å². The predicted molar refractivity (Wildman–Crippen MR) is 80.9 cm³/mol. The first kappa shape index (κ1) is 15.7. The standard InChI is InChI=1S/C15H24BrNO/c1-11(10-15(3,4)18-5)17-12(2)13-6-8-14(16)9-7-13/h6-9,11-12,17H,10H2,1-5H3. The van der Waals surface area contributed by atoms with Crippen LogP contribution < -0.4 is 5.32 Å². The fourth-order valence-electron chi connectivity index (χ4n) is 2.15. The molecule has 0 heterocycles. The Morgan fingerprint density at radius 1 is 1.22 bits per heavy atom. The molecule has 1 aromatic carbocycles. The maximum atomic E-state index is 5.47. The summed E-state index contributed by atoms with van der Waals surface area (Å²) in [6.45, 7) is 8.64. The number of hydrogen-bond donors (Lipinski definition) is 1. The van der Waals surface area contributed by atoms with Gasteiger partial charge in [0, 0.05) is 23.7 Å². The molecule has 1 N–H and O–H groups in total. The molecule has 2 atom stereocenters. The predicted octanol–water partition coefficient (Wildman–Crippen LogP) is 4.30. The van der Waals surface area contributed by atoms with E-state index in [0.717, 1.165) is 10.9 Å². The van der Waals surface area contributed by atoms with Crippen molar-refractivity contribution < 1.29 is 4.74 Å². The van der Waals surface area contributed by atoms with Crippen LogP contribution in [0.2, 0.25) is 0 Å². The highest BCUT2D eigenvalue weighted by molar-refractivity contribution is 9.10. The van der Waals surface area contributed by atoms with Gasteiger partial charge in [-0.2, -0.15) is 0 Å². The summed E-state index contributed by atoms with van der Waals surface area (Å²) in [5.41, 5.74) is 1.23. The van der Waals surface area contributed by atoms with Crippen molar-refractivity contribution in [3.63, 3.8) is 0 Å². The average Bonchev–Trinajstić information content (AvgIpc) is 2.29. The molecule has 0 aliphatic carbocycles. The van der Waals surface area contributed by atoms with Crippen molar-refractivity contribution in [2.24, 2.45) is 0 Å². The molecule has 0 saturated heterocycles. The number of methoxy groups -OCH3 is 1. The minimum absolute atomic E-state index is 0.0775. The second kappa shape index (κ2) is 6.69. The van der Waals surface area contributed by atoms with Gasteiger partial charge in [0.25, 0.3) is 0 Å². The minimum atomic E-state index is -0.0775. The minimum Gasteiger partial charge on any atom is -0.379 e. The zero-order chi connectivity index (χ0) is 13.8. The Morgan fingerprint density at radius 2 is 1.78 bits per heavy atom. The van der Waals surface area contributed by atoms with Crippen LogP contribution in [0, 0.1) is 0 Å². The summed E-state index contributed by atoms with van der Waals surface area (Å²) >= 11 is 3.46. The largest absolute Gasteiger partial charge is 0.379 e. The van der Waals surface area contributed by atoms with E-state index in [1.165, 1.54) is 5.56 Å². The third kappa shape index (κ3) is 5.09. The van der Waals surface area contributed by atoms with E-state index in [9.17, 15) is 0 Å². The zero-order valence-corrected chi connectivity index (χ0v) is 13.5. The number of ether oxygens (including phenoxy) is 1. The van der Waals surface area contributed by atoms with Crippen LogP contribution in [-0.2, 0) is 4.74 Å². The van der Waals surface area contributed by atoms with Crippen molar-refractivity contribution in [1.82, 2.24) is 5.32 Å². The Morgan fingerprint density at radius 3 is 2.28 bits per heavy atom. The third-order valence-electron chi connectivity index (χ3n) is 3.25. The number of rotatable bonds is 6. The quantitative estimate of drug-likeness (QED) is 0.845. The van der Waals surface area contributed by atoms with Crippen molar-refractivity contribution in [3.8, 4) is 0 Å². The molecule has 3 heteroatoms. The van der Waals surface area contributed by atoms with Crippen LogP contribution in [0.1, 0.15) is 45.7 Å². The number of benzene rings is 1. The lowest BCUT2D eigenvalue weighted by Gasteiger charge is -2.29. The lowest BCUT2D eigenvalue weighted by Crippen LogP contribution is -2.36. The Balaban J connectivity index is 2.54. The first-order valence-electron chi connectivity index (χ1n) is 6.41. The summed E-state index contributed by atoms with van der Waals surface area (Å²) < 4.78 is 6.58. The maximum absolute atomic E-state index is 5.47. The number of hydrogen-bond acceptors (Lipinski definition) is 2. The molecule has 0 saturated carbocycles. The summed E-state index contributed by atoms with van der Waals surface area (Å²) in [7, 11) is 1.77. The van der Waals surface area contributed by atoms with Crippen LogP contribution in [0.3, 0.4) is 0 Å². The maximum Gasteiger partial charge on any atom is 0.0637 e. The molecular formula is C15H24BrNO. The van der Waals surface area contributed by atoms with E-state index >= 15 is 0 Å². The summed E-state index contributed by atoms with van der Waals surface area (Å²) in [4.78, 5) is 0. The number of nitrogens with one attached hydrogen (secondary N) is 1. The Bertz CT molecular complexity index is 361. The van der Waals surface area contributed by atoms with Gasteiger partial charge in [0.15, 0.2) is 0 Å². The lowest BCUT2D eigenvalue weighted by molar-refractivity contribution is 0.00782. The van der Waals surface area contributed by atoms with E-state index < -0.39 is 0 Å². The van der Waals surface area contributed by atoms with Crippen molar-refractivity contribution in [3.05, 3.63) is 34.3 Å². The van der Waals surface area contributed by atoms with Crippen molar-refractivity contribution >= 4 is 15.9 Å². The molecule has 0 radical (unpaired) electrons. The second-order valence-corrected chi connectivity index (χ2v) is 6.42. The van der Waals surface area contributed by atoms with Crippen LogP contribution in [0.15, 0.2) is 28.7 Å². The van der Waals surface area contributed by atoms with Crippen molar-refractivity contribution in [2.45, 2.75) is 51.8 Å². The molecule has 0 spiro atoms. The average molecular weight is 314 g/mol. The van der Waals surface area contributed by atoms with Crippen molar-refractivity contribution in [1.29, 1.82) is 0 Å². The van der Waals surface area contributed by atoms with E-state index in [1.807, 2.05) is 0 Å². The van der Waals surface area contributed by atoms with Gasteiger partial charge in [0.2, 0.25) is 0 Å². The van der Waals surface area contributed by atoms with Gasteiger partial charge in [-0.05, 0) is 51.8 Å². The van der Waals surface area contributed by atoms with Gasteiger partial charge in [0.05, 0.1) is 5.60 Å². The SMILES string of the molecule is COC(C)(C)CC(C)NC(C)c1ccc(Br)cc1. The van der Waals surface area contributed by atoms with Gasteiger partial charge in [-0.25, -0.2) is 0 Å². The van der Waals surface area contributed by atoms with E-state index in [0.29, 0.717) is 12.1 Å². The van der Waals surface area contributed by atoms with E-state index in [2.05, 4.69) is 73.2 Å². The third-order valence-corrected chi connectivity index (χ3v) is 3.78. The molecule has 0 fully saturated rings. The first-order chi connectivity index (χ1) is 8.34. The summed E-state index contributed by atoms with van der Waals surface area (Å²) in [6, 6.07) is 9.22. The van der Waals surface area contributed by atoms with Crippen molar-refractivity contribution in [2.75, 3.05) is 7.11 Å². The molecule has 0 aliphatic rings. The normalized spacial score (nSPS) is 15.4. The van der Waals surface area contributed by atoms with Crippen LogP contribution in [0.25, 0.3) is 0 Å². The molecule has 0 amide bonds. The zero-order valence-electron chi connectivity index (χ0n) is 12.0. The molecule has 102 valence electrons. The van der Waals surface area contributed by atoms with E-state index in [4.69, 9.17) is 4.74 Å². The summed E-state index contributed by atoms with van der Waals surface area (Å²) in [5, 5.41) is 3.61. The van der Waals surface area contributed by atoms with E-state index in [-0.39, 0.29) is 5.60 Å². The van der Waals surface area contributed by atoms with Crippen LogP contribution in [0.5, 0.6) is 0 Å². The number of halogens is 1. The van der Waals surface area contributed by atoms with Crippen LogP contribution in [0.4, 0.5) is 0 Å². The highest BCUT2D eigenvalue weighted by Crippen LogP contribution is 2.20. The smallest absolute Gasteiger partial charge is 0.0637 e. The summed E-state index contributed by atoms with van der Waals surface area (Å²) in [5.74, 6) is 0. The molecule has 0 aromatic heterocycles. The van der Waals surface area contributed by atoms with E-state index in [1.54, 1.807) is 7.11 Å². The monoisotopic (exact) mass is 313 g/mol. The van der Waals surface area contributed by atoms with Gasteiger partial charge < -0.3 is 10.1 Å². The Kier molecular flexibility index (Phi) is 5.83. The molecule has 2 nitrogen and oxygen atoms in total. The Hall–Kier alpha value is -0.380. The van der Waals surface area contributed by atoms with Crippen LogP contribution in [-0.4, -0.2) is 18.8 Å².